The van der Waals surface area contributed by atoms with Gasteiger partial charge < -0.3 is 15.3 Å². The summed E-state index contributed by atoms with van der Waals surface area (Å²) in [5.74, 6) is 1.75. The number of nitrogens with one attached hydrogen (secondary N) is 1. The third-order valence-electron chi connectivity index (χ3n) is 5.50. The molecule has 2 unspecified atom stereocenters. The van der Waals surface area contributed by atoms with Crippen LogP contribution in [0.1, 0.15) is 45.2 Å². The van der Waals surface area contributed by atoms with E-state index in [1.807, 2.05) is 30.5 Å². The number of rotatable bonds is 6. The third-order valence-corrected chi connectivity index (χ3v) is 5.50. The Morgan fingerprint density at radius 1 is 1.21 bits per heavy atom. The zero-order chi connectivity index (χ0) is 19.8. The Labute approximate surface area is 168 Å². The van der Waals surface area contributed by atoms with Crippen molar-refractivity contribution in [1.82, 2.24) is 9.88 Å². The first-order valence-electron chi connectivity index (χ1n) is 10.4. The van der Waals surface area contributed by atoms with E-state index >= 15 is 0 Å². The van der Waals surface area contributed by atoms with Crippen molar-refractivity contribution < 1.29 is 5.11 Å². The molecule has 1 fully saturated rings. The number of benzene rings is 1. The number of aromatic nitrogens is 1. The second kappa shape index (κ2) is 10.1. The standard InChI is InChI=1S/C23H32N4O/c1-3-27(16-14-19-10-6-7-15-24-19)23(25-20-11-8-12-21(28)17-20)26-22-13-5-4-9-18(22)2/h6-8,10-12,15,17-18,22,28H,3-5,9,13-14,16H2,1-2H3,(H,25,26). The lowest BCUT2D eigenvalue weighted by Gasteiger charge is -2.30. The van der Waals surface area contributed by atoms with Crippen LogP contribution in [-0.2, 0) is 6.42 Å². The van der Waals surface area contributed by atoms with Crippen LogP contribution in [0.15, 0.2) is 53.7 Å². The molecule has 1 aromatic heterocycles. The summed E-state index contributed by atoms with van der Waals surface area (Å²) < 4.78 is 0. The number of aromatic hydroxyl groups is 1. The molecule has 1 heterocycles. The van der Waals surface area contributed by atoms with Crippen LogP contribution < -0.4 is 5.32 Å². The van der Waals surface area contributed by atoms with Gasteiger partial charge in [0, 0.05) is 43.2 Å². The molecule has 0 amide bonds. The van der Waals surface area contributed by atoms with Gasteiger partial charge in [0.1, 0.15) is 5.75 Å². The largest absolute Gasteiger partial charge is 0.508 e. The molecule has 28 heavy (non-hydrogen) atoms. The summed E-state index contributed by atoms with van der Waals surface area (Å²) in [5.41, 5.74) is 1.95. The van der Waals surface area contributed by atoms with E-state index in [0.29, 0.717) is 12.0 Å². The second-order valence-corrected chi connectivity index (χ2v) is 7.61. The second-order valence-electron chi connectivity index (χ2n) is 7.61. The molecule has 1 aliphatic rings. The quantitative estimate of drug-likeness (QED) is 0.563. The maximum absolute atomic E-state index is 9.84. The lowest BCUT2D eigenvalue weighted by Crippen LogP contribution is -2.39. The number of pyridine rings is 1. The van der Waals surface area contributed by atoms with Gasteiger partial charge in [0.05, 0.1) is 6.04 Å². The smallest absolute Gasteiger partial charge is 0.198 e. The highest BCUT2D eigenvalue weighted by atomic mass is 16.3. The topological polar surface area (TPSA) is 60.8 Å². The van der Waals surface area contributed by atoms with Crippen LogP contribution >= 0.6 is 0 Å². The molecule has 0 saturated heterocycles. The number of phenols is 1. The van der Waals surface area contributed by atoms with Crippen molar-refractivity contribution in [3.63, 3.8) is 0 Å². The van der Waals surface area contributed by atoms with Gasteiger partial charge in [-0.1, -0.05) is 31.9 Å². The number of anilines is 1. The zero-order valence-corrected chi connectivity index (χ0v) is 17.0. The molecule has 2 atom stereocenters. The van der Waals surface area contributed by atoms with E-state index in [-0.39, 0.29) is 5.75 Å². The number of guanidine groups is 1. The SMILES string of the molecule is CCN(CCc1ccccn1)C(=NC1CCCCC1C)Nc1cccc(O)c1. The van der Waals surface area contributed by atoms with E-state index in [1.54, 1.807) is 12.1 Å². The van der Waals surface area contributed by atoms with Gasteiger partial charge in [-0.05, 0) is 49.9 Å². The van der Waals surface area contributed by atoms with Crippen LogP contribution in [0.25, 0.3) is 0 Å². The van der Waals surface area contributed by atoms with Gasteiger partial charge in [-0.15, -0.1) is 0 Å². The molecule has 3 rings (SSSR count). The van der Waals surface area contributed by atoms with Crippen molar-refractivity contribution in [3.05, 3.63) is 54.4 Å². The van der Waals surface area contributed by atoms with Crippen molar-refractivity contribution in [2.24, 2.45) is 10.9 Å². The van der Waals surface area contributed by atoms with Crippen LogP contribution in [0.4, 0.5) is 5.69 Å². The average molecular weight is 381 g/mol. The number of hydrogen-bond donors (Lipinski definition) is 2. The molecule has 5 nitrogen and oxygen atoms in total. The number of likely N-dealkylation sites (N-methyl/N-ethyl adjacent to an activating group) is 1. The number of hydrogen-bond acceptors (Lipinski definition) is 3. The fourth-order valence-electron chi connectivity index (χ4n) is 3.76. The molecule has 5 heteroatoms. The maximum Gasteiger partial charge on any atom is 0.198 e. The Balaban J connectivity index is 1.80. The van der Waals surface area contributed by atoms with Gasteiger partial charge in [-0.2, -0.15) is 0 Å². The van der Waals surface area contributed by atoms with Crippen LogP contribution in [0.3, 0.4) is 0 Å². The first-order chi connectivity index (χ1) is 13.7. The Kier molecular flexibility index (Phi) is 7.29. The molecule has 150 valence electrons. The molecular formula is C23H32N4O. The molecule has 2 aromatic rings. The molecule has 0 radical (unpaired) electrons. The van der Waals surface area contributed by atoms with Crippen molar-refractivity contribution >= 4 is 11.6 Å². The van der Waals surface area contributed by atoms with E-state index in [2.05, 4.69) is 35.1 Å². The minimum absolute atomic E-state index is 0.256. The molecule has 2 N–H and O–H groups in total. The van der Waals surface area contributed by atoms with Gasteiger partial charge in [-0.3, -0.25) is 4.98 Å². The highest BCUT2D eigenvalue weighted by Crippen LogP contribution is 2.27. The molecule has 1 saturated carbocycles. The minimum Gasteiger partial charge on any atom is -0.508 e. The Bertz CT molecular complexity index is 762. The summed E-state index contributed by atoms with van der Waals surface area (Å²) in [7, 11) is 0. The zero-order valence-electron chi connectivity index (χ0n) is 17.0. The van der Waals surface area contributed by atoms with Crippen molar-refractivity contribution in [1.29, 1.82) is 0 Å². The van der Waals surface area contributed by atoms with Gasteiger partial charge in [-0.25, -0.2) is 4.99 Å². The average Bonchev–Trinajstić information content (AvgIpc) is 2.71. The summed E-state index contributed by atoms with van der Waals surface area (Å²) in [5, 5.41) is 13.3. The normalized spacial score (nSPS) is 20.0. The summed E-state index contributed by atoms with van der Waals surface area (Å²) in [6.07, 6.45) is 7.65. The first kappa shape index (κ1) is 20.2. The fourth-order valence-corrected chi connectivity index (χ4v) is 3.76. The summed E-state index contributed by atoms with van der Waals surface area (Å²) >= 11 is 0. The van der Waals surface area contributed by atoms with Gasteiger partial charge in [0.2, 0.25) is 0 Å². The Morgan fingerprint density at radius 3 is 2.79 bits per heavy atom. The third kappa shape index (κ3) is 5.72. The molecule has 0 bridgehead atoms. The van der Waals surface area contributed by atoms with Crippen LogP contribution in [-0.4, -0.2) is 40.1 Å². The minimum atomic E-state index is 0.256. The number of phenolic OH excluding ortho intramolecular Hbond substituents is 1. The van der Waals surface area contributed by atoms with Gasteiger partial charge >= 0.3 is 0 Å². The van der Waals surface area contributed by atoms with Crippen LogP contribution in [0.2, 0.25) is 0 Å². The predicted molar refractivity (Wildman–Crippen MR) is 116 cm³/mol. The van der Waals surface area contributed by atoms with Crippen molar-refractivity contribution in [2.45, 2.75) is 52.0 Å². The van der Waals surface area contributed by atoms with Crippen molar-refractivity contribution in [2.75, 3.05) is 18.4 Å². The predicted octanol–water partition coefficient (Wildman–Crippen LogP) is 4.70. The lowest BCUT2D eigenvalue weighted by atomic mass is 9.86. The van der Waals surface area contributed by atoms with E-state index in [1.165, 1.54) is 19.3 Å². The highest BCUT2D eigenvalue weighted by Gasteiger charge is 2.22. The Morgan fingerprint density at radius 2 is 2.07 bits per heavy atom. The number of aliphatic imine (C=N–C) groups is 1. The molecule has 1 aromatic carbocycles. The van der Waals surface area contributed by atoms with Crippen LogP contribution in [0.5, 0.6) is 5.75 Å². The maximum atomic E-state index is 9.84. The molecule has 0 spiro atoms. The van der Waals surface area contributed by atoms with Crippen LogP contribution in [0, 0.1) is 5.92 Å². The summed E-state index contributed by atoms with van der Waals surface area (Å²) in [6, 6.07) is 13.6. The molecule has 1 aliphatic carbocycles. The number of nitrogens with zero attached hydrogens (tertiary/aromatic N) is 3. The fraction of sp³-hybridized carbons (Fsp3) is 0.478. The van der Waals surface area contributed by atoms with Gasteiger partial charge in [0.15, 0.2) is 5.96 Å². The van der Waals surface area contributed by atoms with E-state index in [0.717, 1.165) is 43.3 Å². The van der Waals surface area contributed by atoms with Crippen molar-refractivity contribution in [3.8, 4) is 5.75 Å². The lowest BCUT2D eigenvalue weighted by molar-refractivity contribution is 0.327. The Hall–Kier alpha value is -2.56. The molecular weight excluding hydrogens is 348 g/mol. The van der Waals surface area contributed by atoms with Gasteiger partial charge in [0.25, 0.3) is 0 Å². The highest BCUT2D eigenvalue weighted by molar-refractivity contribution is 5.94. The van der Waals surface area contributed by atoms with E-state index in [4.69, 9.17) is 4.99 Å². The van der Waals surface area contributed by atoms with E-state index < -0.39 is 0 Å². The first-order valence-corrected chi connectivity index (χ1v) is 10.4. The summed E-state index contributed by atoms with van der Waals surface area (Å²) in [4.78, 5) is 11.9. The molecule has 0 aliphatic heterocycles. The monoisotopic (exact) mass is 380 g/mol. The van der Waals surface area contributed by atoms with E-state index in [9.17, 15) is 5.11 Å². The summed E-state index contributed by atoms with van der Waals surface area (Å²) in [6.45, 7) is 6.17.